The van der Waals surface area contributed by atoms with Crippen molar-refractivity contribution < 1.29 is 4.79 Å². The fourth-order valence-electron chi connectivity index (χ4n) is 2.51. The van der Waals surface area contributed by atoms with E-state index in [1.54, 1.807) is 24.7 Å². The summed E-state index contributed by atoms with van der Waals surface area (Å²) < 4.78 is 1.59. The Balaban J connectivity index is 1.90. The number of carbonyl (C=O) groups is 1. The van der Waals surface area contributed by atoms with Crippen LogP contribution < -0.4 is 10.7 Å². The molecule has 24 heavy (non-hydrogen) atoms. The maximum atomic E-state index is 12.3. The summed E-state index contributed by atoms with van der Waals surface area (Å²) in [6.07, 6.45) is 1.42. The third kappa shape index (κ3) is 2.99. The molecule has 0 radical (unpaired) electrons. The summed E-state index contributed by atoms with van der Waals surface area (Å²) in [4.78, 5) is 27.1. The molecule has 0 saturated heterocycles. The van der Waals surface area contributed by atoms with Gasteiger partial charge in [-0.3, -0.25) is 14.3 Å². The number of aryl methyl sites for hydroxylation is 3. The zero-order valence-electron chi connectivity index (χ0n) is 13.8. The second-order valence-corrected chi connectivity index (χ2v) is 5.70. The number of aromatic amines is 1. The second-order valence-electron chi connectivity index (χ2n) is 5.70. The van der Waals surface area contributed by atoms with E-state index in [-0.39, 0.29) is 11.0 Å². The molecule has 1 aromatic carbocycles. The molecule has 122 valence electrons. The molecule has 6 nitrogen and oxygen atoms in total. The van der Waals surface area contributed by atoms with Crippen LogP contribution in [0.3, 0.4) is 0 Å². The summed E-state index contributed by atoms with van der Waals surface area (Å²) in [5.74, 6) is 0.0637. The lowest BCUT2D eigenvalue weighted by Crippen LogP contribution is -2.22. The highest BCUT2D eigenvalue weighted by Crippen LogP contribution is 2.24. The fraction of sp³-hybridized carbons (Fsp3) is 0.167. The van der Waals surface area contributed by atoms with Crippen molar-refractivity contribution in [3.05, 3.63) is 69.6 Å². The van der Waals surface area contributed by atoms with Crippen LogP contribution in [0, 0.1) is 13.8 Å². The summed E-state index contributed by atoms with van der Waals surface area (Å²) in [7, 11) is 1.75. The lowest BCUT2D eigenvalue weighted by atomic mass is 10.1. The number of H-pyrrole nitrogens is 1. The van der Waals surface area contributed by atoms with Crippen molar-refractivity contribution in [1.82, 2.24) is 14.8 Å². The molecule has 0 aliphatic carbocycles. The van der Waals surface area contributed by atoms with E-state index in [1.165, 1.54) is 12.3 Å². The lowest BCUT2D eigenvalue weighted by Gasteiger charge is -2.04. The largest absolute Gasteiger partial charge is 0.364 e. The van der Waals surface area contributed by atoms with E-state index < -0.39 is 5.91 Å². The number of pyridine rings is 1. The number of benzene rings is 1. The number of nitrogens with zero attached hydrogens (tertiary/aromatic N) is 2. The van der Waals surface area contributed by atoms with E-state index in [9.17, 15) is 9.59 Å². The molecule has 6 heteroatoms. The summed E-state index contributed by atoms with van der Waals surface area (Å²) >= 11 is 0. The number of anilines is 1. The number of hydrogen-bond acceptors (Lipinski definition) is 3. The molecule has 1 amide bonds. The van der Waals surface area contributed by atoms with Gasteiger partial charge in [0.1, 0.15) is 11.4 Å². The molecule has 3 rings (SSSR count). The van der Waals surface area contributed by atoms with Gasteiger partial charge in [-0.15, -0.1) is 0 Å². The number of amides is 1. The number of carbonyl (C=O) groups excluding carboxylic acids is 1. The number of nitrogens with one attached hydrogen (secondary N) is 2. The van der Waals surface area contributed by atoms with Crippen LogP contribution in [0.5, 0.6) is 0 Å². The minimum absolute atomic E-state index is 0.0687. The first-order chi connectivity index (χ1) is 11.5. The Labute approximate surface area is 139 Å². The molecular weight excluding hydrogens is 304 g/mol. The molecule has 0 saturated carbocycles. The van der Waals surface area contributed by atoms with Gasteiger partial charge in [0, 0.05) is 36.6 Å². The molecule has 0 atom stereocenters. The molecule has 2 N–H and O–H groups in total. The van der Waals surface area contributed by atoms with Crippen LogP contribution in [-0.4, -0.2) is 20.7 Å². The van der Waals surface area contributed by atoms with Gasteiger partial charge in [0.05, 0.1) is 5.69 Å². The van der Waals surface area contributed by atoms with Crippen LogP contribution in [0.25, 0.3) is 11.3 Å². The van der Waals surface area contributed by atoms with Gasteiger partial charge in [-0.25, -0.2) is 0 Å². The standard InChI is InChI=1S/C18H18N4O2/c1-11-6-4-5-7-13(11)15-9-17(22(3)21-15)20-18(24)14-10-19-12(2)8-16(14)23/h4-10H,1-3H3,(H,19,23)(H,20,24). The topological polar surface area (TPSA) is 79.8 Å². The van der Waals surface area contributed by atoms with Gasteiger partial charge in [-0.2, -0.15) is 5.10 Å². The molecule has 2 heterocycles. The summed E-state index contributed by atoms with van der Waals surface area (Å²) in [5, 5.41) is 7.18. The van der Waals surface area contributed by atoms with Crippen molar-refractivity contribution in [1.29, 1.82) is 0 Å². The van der Waals surface area contributed by atoms with Crippen LogP contribution in [0.4, 0.5) is 5.82 Å². The Morgan fingerprint density at radius 2 is 1.96 bits per heavy atom. The quantitative estimate of drug-likeness (QED) is 0.778. The van der Waals surface area contributed by atoms with E-state index in [2.05, 4.69) is 15.4 Å². The average molecular weight is 322 g/mol. The van der Waals surface area contributed by atoms with Crippen LogP contribution in [-0.2, 0) is 7.05 Å². The van der Waals surface area contributed by atoms with E-state index >= 15 is 0 Å². The van der Waals surface area contributed by atoms with Gasteiger partial charge in [0.25, 0.3) is 5.91 Å². The monoisotopic (exact) mass is 322 g/mol. The molecule has 0 fully saturated rings. The molecule has 2 aromatic heterocycles. The molecule has 0 aliphatic heterocycles. The number of hydrogen-bond donors (Lipinski definition) is 2. The summed E-state index contributed by atoms with van der Waals surface area (Å²) in [6.45, 7) is 3.77. The Morgan fingerprint density at radius 3 is 2.67 bits per heavy atom. The van der Waals surface area contributed by atoms with Gasteiger partial charge in [0.15, 0.2) is 5.43 Å². The molecule has 0 bridgehead atoms. The van der Waals surface area contributed by atoms with Gasteiger partial charge >= 0.3 is 0 Å². The zero-order chi connectivity index (χ0) is 17.3. The minimum Gasteiger partial charge on any atom is -0.364 e. The summed E-state index contributed by atoms with van der Waals surface area (Å²) in [5.41, 5.74) is 3.33. The SMILES string of the molecule is Cc1cc(=O)c(C(=O)Nc2cc(-c3ccccc3C)nn2C)c[nH]1. The van der Waals surface area contributed by atoms with E-state index in [0.29, 0.717) is 11.5 Å². The van der Waals surface area contributed by atoms with Gasteiger partial charge in [0.2, 0.25) is 0 Å². The van der Waals surface area contributed by atoms with Crippen molar-refractivity contribution in [3.8, 4) is 11.3 Å². The number of aromatic nitrogens is 3. The Bertz CT molecular complexity index is 969. The van der Waals surface area contributed by atoms with Crippen molar-refractivity contribution in [2.75, 3.05) is 5.32 Å². The second kappa shape index (κ2) is 6.16. The van der Waals surface area contributed by atoms with Crippen LogP contribution in [0.15, 0.2) is 47.4 Å². The van der Waals surface area contributed by atoms with E-state index in [1.807, 2.05) is 31.2 Å². The Hall–Kier alpha value is -3.15. The Kier molecular flexibility index (Phi) is 4.04. The van der Waals surface area contributed by atoms with E-state index in [4.69, 9.17) is 0 Å². The van der Waals surface area contributed by atoms with Crippen LogP contribution in [0.1, 0.15) is 21.6 Å². The fourth-order valence-corrected chi connectivity index (χ4v) is 2.51. The average Bonchev–Trinajstić information content (AvgIpc) is 2.88. The lowest BCUT2D eigenvalue weighted by molar-refractivity contribution is 0.102. The molecular formula is C18H18N4O2. The van der Waals surface area contributed by atoms with Crippen LogP contribution in [0.2, 0.25) is 0 Å². The van der Waals surface area contributed by atoms with Crippen molar-refractivity contribution in [2.45, 2.75) is 13.8 Å². The maximum absolute atomic E-state index is 12.3. The maximum Gasteiger partial charge on any atom is 0.262 e. The highest BCUT2D eigenvalue weighted by molar-refractivity contribution is 6.03. The smallest absolute Gasteiger partial charge is 0.262 e. The highest BCUT2D eigenvalue weighted by atomic mass is 16.2. The summed E-state index contributed by atoms with van der Waals surface area (Å²) in [6, 6.07) is 11.1. The first-order valence-corrected chi connectivity index (χ1v) is 7.56. The van der Waals surface area contributed by atoms with Crippen molar-refractivity contribution in [3.63, 3.8) is 0 Å². The Morgan fingerprint density at radius 1 is 1.21 bits per heavy atom. The van der Waals surface area contributed by atoms with Gasteiger partial charge in [-0.1, -0.05) is 24.3 Å². The molecule has 0 spiro atoms. The third-order valence-corrected chi connectivity index (χ3v) is 3.84. The van der Waals surface area contributed by atoms with Crippen molar-refractivity contribution in [2.24, 2.45) is 7.05 Å². The number of rotatable bonds is 3. The predicted octanol–water partition coefficient (Wildman–Crippen LogP) is 2.64. The van der Waals surface area contributed by atoms with Crippen molar-refractivity contribution >= 4 is 11.7 Å². The zero-order valence-corrected chi connectivity index (χ0v) is 13.8. The van der Waals surface area contributed by atoms with Gasteiger partial charge in [-0.05, 0) is 19.4 Å². The first kappa shape index (κ1) is 15.7. The van der Waals surface area contributed by atoms with Crippen LogP contribution >= 0.6 is 0 Å². The van der Waals surface area contributed by atoms with Gasteiger partial charge < -0.3 is 10.3 Å². The normalized spacial score (nSPS) is 10.6. The third-order valence-electron chi connectivity index (χ3n) is 3.84. The minimum atomic E-state index is -0.462. The molecule has 0 aliphatic rings. The highest BCUT2D eigenvalue weighted by Gasteiger charge is 2.15. The van der Waals surface area contributed by atoms with E-state index in [0.717, 1.165) is 16.8 Å². The molecule has 3 aromatic rings. The molecule has 0 unspecified atom stereocenters. The predicted molar refractivity (Wildman–Crippen MR) is 93.1 cm³/mol. The first-order valence-electron chi connectivity index (χ1n) is 7.56.